The van der Waals surface area contributed by atoms with Gasteiger partial charge in [-0.25, -0.2) is 0 Å². The summed E-state index contributed by atoms with van der Waals surface area (Å²) >= 11 is 0. The maximum Gasteiger partial charge on any atom is 0.0645 e. The van der Waals surface area contributed by atoms with Gasteiger partial charge >= 0.3 is 0 Å². The lowest BCUT2D eigenvalue weighted by Crippen LogP contribution is -2.49. The molecule has 0 bridgehead atoms. The molecule has 0 spiro atoms. The van der Waals surface area contributed by atoms with E-state index in [9.17, 15) is 0 Å². The molecule has 1 fully saturated rings. The van der Waals surface area contributed by atoms with E-state index in [0.717, 1.165) is 44.6 Å². The smallest absolute Gasteiger partial charge is 0.0645 e. The second-order valence-electron chi connectivity index (χ2n) is 6.37. The second-order valence-corrected chi connectivity index (χ2v) is 6.37. The lowest BCUT2D eigenvalue weighted by atomic mass is 9.88. The van der Waals surface area contributed by atoms with Crippen molar-refractivity contribution in [3.05, 3.63) is 0 Å². The summed E-state index contributed by atoms with van der Waals surface area (Å²) in [6.45, 7) is 10.6. The Bertz CT molecular complexity index is 213. The van der Waals surface area contributed by atoms with Gasteiger partial charge < -0.3 is 15.8 Å². The van der Waals surface area contributed by atoms with Crippen molar-refractivity contribution in [1.29, 1.82) is 0 Å². The Morgan fingerprint density at radius 2 is 2.11 bits per heavy atom. The number of rotatable bonds is 8. The maximum atomic E-state index is 5.68. The maximum absolute atomic E-state index is 5.68. The fourth-order valence-corrected chi connectivity index (χ4v) is 2.85. The number of hydrogen-bond donors (Lipinski definition) is 2. The zero-order chi connectivity index (χ0) is 13.4. The second kappa shape index (κ2) is 8.13. The van der Waals surface area contributed by atoms with Crippen molar-refractivity contribution in [1.82, 2.24) is 5.32 Å². The SMILES string of the molecule is CC(C)C(CCN)CCCNC1(C)CCCOC1. The zero-order valence-electron chi connectivity index (χ0n) is 12.5. The summed E-state index contributed by atoms with van der Waals surface area (Å²) in [6.07, 6.45) is 6.13. The number of nitrogens with one attached hydrogen (secondary N) is 1. The highest BCUT2D eigenvalue weighted by Crippen LogP contribution is 2.21. The molecule has 1 rings (SSSR count). The molecule has 3 nitrogen and oxygen atoms in total. The van der Waals surface area contributed by atoms with E-state index in [1.807, 2.05) is 0 Å². The highest BCUT2D eigenvalue weighted by molar-refractivity contribution is 4.85. The molecule has 0 aliphatic carbocycles. The van der Waals surface area contributed by atoms with Crippen molar-refractivity contribution in [2.24, 2.45) is 17.6 Å². The van der Waals surface area contributed by atoms with E-state index in [1.54, 1.807) is 0 Å². The van der Waals surface area contributed by atoms with E-state index in [4.69, 9.17) is 10.5 Å². The molecule has 2 unspecified atom stereocenters. The molecule has 18 heavy (non-hydrogen) atoms. The lowest BCUT2D eigenvalue weighted by Gasteiger charge is -2.34. The standard InChI is InChI=1S/C15H32N2O/c1-13(2)14(7-9-16)6-4-10-17-15(3)8-5-11-18-12-15/h13-14,17H,4-12,16H2,1-3H3. The van der Waals surface area contributed by atoms with Crippen LogP contribution < -0.4 is 11.1 Å². The van der Waals surface area contributed by atoms with Gasteiger partial charge in [-0.2, -0.15) is 0 Å². The lowest BCUT2D eigenvalue weighted by molar-refractivity contribution is 0.0284. The van der Waals surface area contributed by atoms with Crippen molar-refractivity contribution in [3.8, 4) is 0 Å². The summed E-state index contributed by atoms with van der Waals surface area (Å²) < 4.78 is 5.56. The number of hydrogen-bond acceptors (Lipinski definition) is 3. The van der Waals surface area contributed by atoms with Gasteiger partial charge in [0.15, 0.2) is 0 Å². The van der Waals surface area contributed by atoms with Gasteiger partial charge in [-0.15, -0.1) is 0 Å². The molecule has 0 radical (unpaired) electrons. The minimum absolute atomic E-state index is 0.208. The molecule has 0 saturated carbocycles. The number of ether oxygens (including phenoxy) is 1. The molecule has 2 atom stereocenters. The van der Waals surface area contributed by atoms with Gasteiger partial charge in [-0.3, -0.25) is 0 Å². The van der Waals surface area contributed by atoms with E-state index in [-0.39, 0.29) is 5.54 Å². The third-order valence-corrected chi connectivity index (χ3v) is 4.22. The van der Waals surface area contributed by atoms with Gasteiger partial charge in [-0.1, -0.05) is 13.8 Å². The summed E-state index contributed by atoms with van der Waals surface area (Å²) in [4.78, 5) is 0. The van der Waals surface area contributed by atoms with Gasteiger partial charge in [0.25, 0.3) is 0 Å². The highest BCUT2D eigenvalue weighted by Gasteiger charge is 2.26. The van der Waals surface area contributed by atoms with Crippen molar-refractivity contribution in [2.75, 3.05) is 26.3 Å². The zero-order valence-corrected chi connectivity index (χ0v) is 12.5. The highest BCUT2D eigenvalue weighted by atomic mass is 16.5. The molecule has 3 N–H and O–H groups in total. The van der Waals surface area contributed by atoms with E-state index < -0.39 is 0 Å². The van der Waals surface area contributed by atoms with Crippen LogP contribution in [0.5, 0.6) is 0 Å². The van der Waals surface area contributed by atoms with Crippen LogP contribution >= 0.6 is 0 Å². The van der Waals surface area contributed by atoms with Gasteiger partial charge in [0.05, 0.1) is 6.61 Å². The molecule has 3 heteroatoms. The Kier molecular flexibility index (Phi) is 7.20. The van der Waals surface area contributed by atoms with Crippen molar-refractivity contribution < 1.29 is 4.74 Å². The summed E-state index contributed by atoms with van der Waals surface area (Å²) in [5.41, 5.74) is 5.89. The molecular weight excluding hydrogens is 224 g/mol. The fraction of sp³-hybridized carbons (Fsp3) is 1.00. The average Bonchev–Trinajstić information content (AvgIpc) is 2.33. The van der Waals surface area contributed by atoms with Crippen LogP contribution in [0.15, 0.2) is 0 Å². The van der Waals surface area contributed by atoms with Crippen LogP contribution in [0.25, 0.3) is 0 Å². The van der Waals surface area contributed by atoms with Crippen LogP contribution in [-0.4, -0.2) is 31.8 Å². The first-order chi connectivity index (χ1) is 8.57. The van der Waals surface area contributed by atoms with Crippen LogP contribution in [0.1, 0.15) is 52.9 Å². The van der Waals surface area contributed by atoms with E-state index in [0.29, 0.717) is 0 Å². The van der Waals surface area contributed by atoms with Gasteiger partial charge in [-0.05, 0) is 64.0 Å². The molecule has 0 aromatic carbocycles. The third-order valence-electron chi connectivity index (χ3n) is 4.22. The van der Waals surface area contributed by atoms with E-state index in [2.05, 4.69) is 26.1 Å². The van der Waals surface area contributed by atoms with E-state index in [1.165, 1.54) is 25.7 Å². The summed E-state index contributed by atoms with van der Waals surface area (Å²) in [7, 11) is 0. The van der Waals surface area contributed by atoms with Crippen LogP contribution in [0, 0.1) is 11.8 Å². The molecule has 0 aromatic heterocycles. The van der Waals surface area contributed by atoms with Crippen molar-refractivity contribution in [2.45, 2.75) is 58.4 Å². The van der Waals surface area contributed by atoms with Crippen molar-refractivity contribution >= 4 is 0 Å². The molecule has 1 heterocycles. The Labute approximate surface area is 113 Å². The van der Waals surface area contributed by atoms with Gasteiger partial charge in [0.1, 0.15) is 0 Å². The largest absolute Gasteiger partial charge is 0.380 e. The molecule has 1 aliphatic heterocycles. The monoisotopic (exact) mass is 256 g/mol. The molecular formula is C15H32N2O. The Hall–Kier alpha value is -0.120. The van der Waals surface area contributed by atoms with Gasteiger partial charge in [0.2, 0.25) is 0 Å². The molecule has 1 aliphatic rings. The van der Waals surface area contributed by atoms with Crippen LogP contribution in [-0.2, 0) is 4.74 Å². The van der Waals surface area contributed by atoms with E-state index >= 15 is 0 Å². The molecule has 108 valence electrons. The van der Waals surface area contributed by atoms with Crippen LogP contribution in [0.4, 0.5) is 0 Å². The average molecular weight is 256 g/mol. The first-order valence-electron chi connectivity index (χ1n) is 7.60. The number of nitrogens with two attached hydrogens (primary N) is 1. The topological polar surface area (TPSA) is 47.3 Å². The Morgan fingerprint density at radius 1 is 1.33 bits per heavy atom. The minimum Gasteiger partial charge on any atom is -0.380 e. The predicted octanol–water partition coefficient (Wildman–Crippen LogP) is 2.55. The van der Waals surface area contributed by atoms with Crippen molar-refractivity contribution in [3.63, 3.8) is 0 Å². The minimum atomic E-state index is 0.208. The van der Waals surface area contributed by atoms with Gasteiger partial charge in [0, 0.05) is 12.1 Å². The normalized spacial score (nSPS) is 26.5. The Morgan fingerprint density at radius 3 is 2.67 bits per heavy atom. The summed E-state index contributed by atoms with van der Waals surface area (Å²) in [5, 5.41) is 3.68. The van der Waals surface area contributed by atoms with Crippen LogP contribution in [0.3, 0.4) is 0 Å². The Balaban J connectivity index is 2.16. The molecule has 0 amide bonds. The predicted molar refractivity (Wildman–Crippen MR) is 77.7 cm³/mol. The fourth-order valence-electron chi connectivity index (χ4n) is 2.85. The summed E-state index contributed by atoms with van der Waals surface area (Å²) in [5.74, 6) is 1.54. The first kappa shape index (κ1) is 15.9. The quantitative estimate of drug-likeness (QED) is 0.656. The molecule has 0 aromatic rings. The third kappa shape index (κ3) is 5.68. The molecule has 1 saturated heterocycles. The first-order valence-corrected chi connectivity index (χ1v) is 7.60. The summed E-state index contributed by atoms with van der Waals surface area (Å²) in [6, 6.07) is 0. The van der Waals surface area contributed by atoms with Crippen LogP contribution in [0.2, 0.25) is 0 Å².